The molecule has 3 aromatic rings. The van der Waals surface area contributed by atoms with Crippen molar-refractivity contribution < 1.29 is 4.74 Å². The largest absolute Gasteiger partial charge is 0.497 e. The number of aromatic amines is 1. The summed E-state index contributed by atoms with van der Waals surface area (Å²) in [5.74, 6) is 1.28. The van der Waals surface area contributed by atoms with Crippen LogP contribution < -0.4 is 10.3 Å². The molecular weight excluding hydrogens is 300 g/mol. The van der Waals surface area contributed by atoms with Gasteiger partial charge < -0.3 is 9.72 Å². The fraction of sp³-hybridized carbons (Fsp3) is 0.0588. The summed E-state index contributed by atoms with van der Waals surface area (Å²) < 4.78 is 5.11. The quantitative estimate of drug-likeness (QED) is 0.801. The van der Waals surface area contributed by atoms with Crippen LogP contribution in [-0.2, 0) is 0 Å². The Morgan fingerprint density at radius 2 is 1.91 bits per heavy atom. The number of nitrogens with zero attached hydrogens (tertiary/aromatic N) is 1. The monoisotopic (exact) mass is 312 g/mol. The van der Waals surface area contributed by atoms with Crippen LogP contribution in [0.1, 0.15) is 11.4 Å². The molecule has 0 saturated heterocycles. The summed E-state index contributed by atoms with van der Waals surface area (Å²) in [5, 5.41) is 1.07. The van der Waals surface area contributed by atoms with E-state index in [1.165, 1.54) is 0 Å². The van der Waals surface area contributed by atoms with E-state index < -0.39 is 0 Å². The van der Waals surface area contributed by atoms with E-state index in [1.54, 1.807) is 31.4 Å². The summed E-state index contributed by atoms with van der Waals surface area (Å²) in [4.78, 5) is 19.2. The minimum Gasteiger partial charge on any atom is -0.497 e. The first kappa shape index (κ1) is 14.4. The van der Waals surface area contributed by atoms with Crippen molar-refractivity contribution in [3.05, 3.63) is 69.2 Å². The van der Waals surface area contributed by atoms with Crippen molar-refractivity contribution in [2.24, 2.45) is 0 Å². The Kier molecular flexibility index (Phi) is 3.94. The van der Waals surface area contributed by atoms with Crippen LogP contribution >= 0.6 is 11.6 Å². The summed E-state index contributed by atoms with van der Waals surface area (Å²) in [7, 11) is 1.62. The number of ether oxygens (including phenoxy) is 1. The van der Waals surface area contributed by atoms with Crippen LogP contribution in [0.4, 0.5) is 0 Å². The second-order valence-electron chi connectivity index (χ2n) is 4.72. The highest BCUT2D eigenvalue weighted by Crippen LogP contribution is 2.16. The molecule has 0 atom stereocenters. The molecule has 110 valence electrons. The van der Waals surface area contributed by atoms with Crippen molar-refractivity contribution in [3.63, 3.8) is 0 Å². The van der Waals surface area contributed by atoms with E-state index in [4.69, 9.17) is 16.3 Å². The van der Waals surface area contributed by atoms with Crippen molar-refractivity contribution in [2.45, 2.75) is 0 Å². The average molecular weight is 313 g/mol. The van der Waals surface area contributed by atoms with Gasteiger partial charge in [-0.1, -0.05) is 29.8 Å². The fourth-order valence-corrected chi connectivity index (χ4v) is 2.27. The molecule has 0 amide bonds. The predicted octanol–water partition coefficient (Wildman–Crippen LogP) is 3.76. The third-order valence-electron chi connectivity index (χ3n) is 3.24. The molecule has 0 unspecified atom stereocenters. The summed E-state index contributed by atoms with van der Waals surface area (Å²) in [6.45, 7) is 0. The standard InChI is InChI=1S/C17H13ClN2O2/c1-22-13-6-2-11(3-7-13)4-9-16-19-15-10-12(18)5-8-14(15)17(21)20-16/h2-10H,1H3,(H,19,20,21)/b9-4+. The van der Waals surface area contributed by atoms with Crippen LogP contribution in [0.2, 0.25) is 5.02 Å². The van der Waals surface area contributed by atoms with Crippen LogP contribution in [0.3, 0.4) is 0 Å². The van der Waals surface area contributed by atoms with Crippen LogP contribution in [-0.4, -0.2) is 17.1 Å². The molecule has 1 N–H and O–H groups in total. The number of hydrogen-bond acceptors (Lipinski definition) is 3. The van der Waals surface area contributed by atoms with Crippen molar-refractivity contribution >= 4 is 34.7 Å². The lowest BCUT2D eigenvalue weighted by Gasteiger charge is -2.00. The molecule has 0 spiro atoms. The minimum atomic E-state index is -0.184. The predicted molar refractivity (Wildman–Crippen MR) is 89.3 cm³/mol. The zero-order valence-electron chi connectivity index (χ0n) is 11.8. The number of fused-ring (bicyclic) bond motifs is 1. The lowest BCUT2D eigenvalue weighted by molar-refractivity contribution is 0.415. The van der Waals surface area contributed by atoms with Gasteiger partial charge in [-0.25, -0.2) is 4.98 Å². The number of nitrogens with one attached hydrogen (secondary N) is 1. The summed E-state index contributed by atoms with van der Waals surface area (Å²) in [6, 6.07) is 12.6. The Morgan fingerprint density at radius 1 is 1.14 bits per heavy atom. The third kappa shape index (κ3) is 3.02. The van der Waals surface area contributed by atoms with Gasteiger partial charge in [0.25, 0.3) is 5.56 Å². The normalized spacial score (nSPS) is 11.2. The molecule has 4 nitrogen and oxygen atoms in total. The van der Waals surface area contributed by atoms with E-state index in [9.17, 15) is 4.79 Å². The molecule has 5 heteroatoms. The summed E-state index contributed by atoms with van der Waals surface area (Å²) in [5.41, 5.74) is 1.37. The molecular formula is C17H13ClN2O2. The number of rotatable bonds is 3. The van der Waals surface area contributed by atoms with E-state index in [-0.39, 0.29) is 5.56 Å². The molecule has 0 aliphatic rings. The molecule has 0 fully saturated rings. The molecule has 0 aliphatic heterocycles. The van der Waals surface area contributed by atoms with Gasteiger partial charge in [-0.15, -0.1) is 0 Å². The third-order valence-corrected chi connectivity index (χ3v) is 3.47. The van der Waals surface area contributed by atoms with Gasteiger partial charge in [0.05, 0.1) is 18.0 Å². The number of halogens is 1. The maximum absolute atomic E-state index is 12.0. The molecule has 0 saturated carbocycles. The van der Waals surface area contributed by atoms with Crippen molar-refractivity contribution in [2.75, 3.05) is 7.11 Å². The first-order chi connectivity index (χ1) is 10.7. The Labute approximate surface area is 132 Å². The van der Waals surface area contributed by atoms with Crippen molar-refractivity contribution in [3.8, 4) is 5.75 Å². The smallest absolute Gasteiger partial charge is 0.259 e. The average Bonchev–Trinajstić information content (AvgIpc) is 2.53. The molecule has 1 aromatic heterocycles. The number of methoxy groups -OCH3 is 1. The maximum atomic E-state index is 12.0. The van der Waals surface area contributed by atoms with Crippen molar-refractivity contribution in [1.29, 1.82) is 0 Å². The number of hydrogen-bond donors (Lipinski definition) is 1. The highest BCUT2D eigenvalue weighted by atomic mass is 35.5. The molecule has 0 radical (unpaired) electrons. The van der Waals surface area contributed by atoms with E-state index in [1.807, 2.05) is 30.3 Å². The second kappa shape index (κ2) is 6.03. The molecule has 0 aliphatic carbocycles. The Bertz CT molecular complexity index is 899. The van der Waals surface area contributed by atoms with Crippen LogP contribution in [0, 0.1) is 0 Å². The van der Waals surface area contributed by atoms with Gasteiger partial charge in [-0.3, -0.25) is 4.79 Å². The first-order valence-electron chi connectivity index (χ1n) is 6.67. The van der Waals surface area contributed by atoms with Gasteiger partial charge in [0, 0.05) is 5.02 Å². The van der Waals surface area contributed by atoms with Gasteiger partial charge in [0.15, 0.2) is 0 Å². The van der Waals surface area contributed by atoms with Crippen LogP contribution in [0.15, 0.2) is 47.3 Å². The lowest BCUT2D eigenvalue weighted by Crippen LogP contribution is -2.09. The molecule has 2 aromatic carbocycles. The molecule has 0 bridgehead atoms. The highest BCUT2D eigenvalue weighted by Gasteiger charge is 2.02. The van der Waals surface area contributed by atoms with Crippen LogP contribution in [0.5, 0.6) is 5.75 Å². The molecule has 3 rings (SSSR count). The summed E-state index contributed by atoms with van der Waals surface area (Å²) in [6.07, 6.45) is 3.62. The highest BCUT2D eigenvalue weighted by molar-refractivity contribution is 6.31. The Morgan fingerprint density at radius 3 is 2.64 bits per heavy atom. The Hall–Kier alpha value is -2.59. The van der Waals surface area contributed by atoms with Crippen molar-refractivity contribution in [1.82, 2.24) is 9.97 Å². The summed E-state index contributed by atoms with van der Waals surface area (Å²) >= 11 is 5.94. The first-order valence-corrected chi connectivity index (χ1v) is 7.05. The minimum absolute atomic E-state index is 0.184. The van der Waals surface area contributed by atoms with Gasteiger partial charge >= 0.3 is 0 Å². The molecule has 1 heterocycles. The number of benzene rings is 2. The van der Waals surface area contributed by atoms with E-state index >= 15 is 0 Å². The van der Waals surface area contributed by atoms with Gasteiger partial charge in [-0.05, 0) is 42.0 Å². The number of aromatic nitrogens is 2. The molecule has 22 heavy (non-hydrogen) atoms. The van der Waals surface area contributed by atoms with Gasteiger partial charge in [0.2, 0.25) is 0 Å². The fourth-order valence-electron chi connectivity index (χ4n) is 2.10. The zero-order chi connectivity index (χ0) is 15.5. The lowest BCUT2D eigenvalue weighted by atomic mass is 10.2. The van der Waals surface area contributed by atoms with Gasteiger partial charge in [0.1, 0.15) is 11.6 Å². The topological polar surface area (TPSA) is 55.0 Å². The second-order valence-corrected chi connectivity index (χ2v) is 5.16. The van der Waals surface area contributed by atoms with E-state index in [2.05, 4.69) is 9.97 Å². The SMILES string of the molecule is COc1ccc(/C=C/c2nc3cc(Cl)ccc3c(=O)[nH]2)cc1. The zero-order valence-corrected chi connectivity index (χ0v) is 12.6. The number of H-pyrrole nitrogens is 1. The van der Waals surface area contributed by atoms with E-state index in [0.717, 1.165) is 11.3 Å². The Balaban J connectivity index is 1.95. The van der Waals surface area contributed by atoms with Crippen LogP contribution in [0.25, 0.3) is 23.1 Å². The van der Waals surface area contributed by atoms with Gasteiger partial charge in [-0.2, -0.15) is 0 Å². The van der Waals surface area contributed by atoms with E-state index in [0.29, 0.717) is 21.7 Å². The maximum Gasteiger partial charge on any atom is 0.259 e.